The van der Waals surface area contributed by atoms with Gasteiger partial charge in [0.2, 0.25) is 5.91 Å². The molecule has 0 spiro atoms. The van der Waals surface area contributed by atoms with Gasteiger partial charge in [-0.25, -0.2) is 0 Å². The van der Waals surface area contributed by atoms with E-state index < -0.39 is 0 Å². The van der Waals surface area contributed by atoms with Crippen LogP contribution >= 0.6 is 0 Å². The first-order valence-corrected chi connectivity index (χ1v) is 6.04. The van der Waals surface area contributed by atoms with E-state index in [1.54, 1.807) is 0 Å². The summed E-state index contributed by atoms with van der Waals surface area (Å²) in [5.41, 5.74) is 5.92. The van der Waals surface area contributed by atoms with E-state index in [0.717, 1.165) is 6.42 Å². The van der Waals surface area contributed by atoms with Gasteiger partial charge in [0.15, 0.2) is 0 Å². The largest absolute Gasteiger partial charge is 0.341 e. The van der Waals surface area contributed by atoms with E-state index in [2.05, 4.69) is 41.5 Å². The molecule has 0 saturated heterocycles. The zero-order valence-electron chi connectivity index (χ0n) is 11.9. The first-order chi connectivity index (χ1) is 7.02. The minimum Gasteiger partial charge on any atom is -0.341 e. The number of carbonyl (C=O) groups is 1. The number of hydrogen-bond donors (Lipinski definition) is 1. The molecule has 0 aliphatic rings. The van der Waals surface area contributed by atoms with Crippen LogP contribution in [0.1, 0.15) is 54.4 Å². The molecular formula is C13H28N2O. The molecule has 0 aliphatic heterocycles. The van der Waals surface area contributed by atoms with Gasteiger partial charge in [-0.15, -0.1) is 0 Å². The lowest BCUT2D eigenvalue weighted by molar-refractivity contribution is -0.135. The lowest BCUT2D eigenvalue weighted by Crippen LogP contribution is -2.48. The molecule has 1 unspecified atom stereocenters. The van der Waals surface area contributed by atoms with E-state index in [9.17, 15) is 4.79 Å². The van der Waals surface area contributed by atoms with Crippen molar-refractivity contribution in [2.75, 3.05) is 7.05 Å². The van der Waals surface area contributed by atoms with E-state index in [0.29, 0.717) is 6.42 Å². The van der Waals surface area contributed by atoms with Crippen molar-refractivity contribution < 1.29 is 4.79 Å². The predicted molar refractivity (Wildman–Crippen MR) is 69.2 cm³/mol. The summed E-state index contributed by atoms with van der Waals surface area (Å²) in [6.45, 7) is 12.4. The number of nitrogens with two attached hydrogens (primary N) is 1. The Labute approximate surface area is 100 Å². The van der Waals surface area contributed by atoms with Crippen LogP contribution in [-0.2, 0) is 4.79 Å². The van der Waals surface area contributed by atoms with Gasteiger partial charge in [0.25, 0.3) is 0 Å². The summed E-state index contributed by atoms with van der Waals surface area (Å²) in [7, 11) is 1.86. The molecule has 3 nitrogen and oxygen atoms in total. The Morgan fingerprint density at radius 3 is 2.00 bits per heavy atom. The monoisotopic (exact) mass is 228 g/mol. The van der Waals surface area contributed by atoms with Crippen molar-refractivity contribution in [3.05, 3.63) is 0 Å². The van der Waals surface area contributed by atoms with Crippen molar-refractivity contribution in [3.63, 3.8) is 0 Å². The molecule has 3 heteroatoms. The molecule has 0 saturated carbocycles. The van der Waals surface area contributed by atoms with E-state index in [-0.39, 0.29) is 22.9 Å². The highest BCUT2D eigenvalue weighted by Gasteiger charge is 2.29. The van der Waals surface area contributed by atoms with Crippen LogP contribution in [-0.4, -0.2) is 29.4 Å². The van der Waals surface area contributed by atoms with Crippen molar-refractivity contribution in [1.29, 1.82) is 0 Å². The third-order valence-electron chi connectivity index (χ3n) is 3.65. The molecule has 2 N–H and O–H groups in total. The topological polar surface area (TPSA) is 46.3 Å². The molecule has 1 amide bonds. The summed E-state index contributed by atoms with van der Waals surface area (Å²) < 4.78 is 0. The first kappa shape index (κ1) is 15.4. The van der Waals surface area contributed by atoms with E-state index in [1.165, 1.54) is 0 Å². The van der Waals surface area contributed by atoms with Gasteiger partial charge in [-0.2, -0.15) is 0 Å². The smallest absolute Gasteiger partial charge is 0.224 e. The van der Waals surface area contributed by atoms with Gasteiger partial charge in [-0.1, -0.05) is 27.7 Å². The number of rotatable bonds is 4. The maximum absolute atomic E-state index is 12.1. The van der Waals surface area contributed by atoms with Crippen molar-refractivity contribution in [2.45, 2.75) is 66.0 Å². The number of carbonyl (C=O) groups excluding carboxylic acids is 1. The molecule has 0 heterocycles. The number of nitrogens with zero attached hydrogens (tertiary/aromatic N) is 1. The fraction of sp³-hybridized carbons (Fsp3) is 0.923. The molecule has 0 aromatic rings. The molecule has 0 aromatic heterocycles. The van der Waals surface area contributed by atoms with Gasteiger partial charge in [-0.3, -0.25) is 4.79 Å². The normalized spacial score (nSPS) is 14.8. The van der Waals surface area contributed by atoms with Crippen molar-refractivity contribution >= 4 is 5.91 Å². The molecule has 0 radical (unpaired) electrons. The van der Waals surface area contributed by atoms with E-state index >= 15 is 0 Å². The number of amides is 1. The van der Waals surface area contributed by atoms with Crippen LogP contribution in [0.2, 0.25) is 0 Å². The van der Waals surface area contributed by atoms with Gasteiger partial charge < -0.3 is 10.6 Å². The Balaban J connectivity index is 4.49. The summed E-state index contributed by atoms with van der Waals surface area (Å²) >= 11 is 0. The van der Waals surface area contributed by atoms with E-state index in [4.69, 9.17) is 5.73 Å². The van der Waals surface area contributed by atoms with Crippen LogP contribution in [0.3, 0.4) is 0 Å². The molecule has 16 heavy (non-hydrogen) atoms. The first-order valence-electron chi connectivity index (χ1n) is 6.04. The Hall–Kier alpha value is -0.570. The summed E-state index contributed by atoms with van der Waals surface area (Å²) in [6.07, 6.45) is 1.36. The van der Waals surface area contributed by atoms with Crippen LogP contribution in [0, 0.1) is 5.41 Å². The highest BCUT2D eigenvalue weighted by molar-refractivity contribution is 5.77. The van der Waals surface area contributed by atoms with Crippen molar-refractivity contribution in [3.8, 4) is 0 Å². The summed E-state index contributed by atoms with van der Waals surface area (Å²) in [5, 5.41) is 0. The average molecular weight is 228 g/mol. The minimum absolute atomic E-state index is 0.0210. The summed E-state index contributed by atoms with van der Waals surface area (Å²) in [4.78, 5) is 13.9. The van der Waals surface area contributed by atoms with Gasteiger partial charge in [0.05, 0.1) is 0 Å². The minimum atomic E-state index is -0.0886. The van der Waals surface area contributed by atoms with Crippen LogP contribution in [0.5, 0.6) is 0 Å². The third-order valence-corrected chi connectivity index (χ3v) is 3.65. The molecule has 0 aliphatic carbocycles. The Bertz CT molecular complexity index is 241. The van der Waals surface area contributed by atoms with Gasteiger partial charge in [0.1, 0.15) is 0 Å². The standard InChI is InChI=1S/C13H28N2O/c1-8-13(5,6)15(7)11(16)9-10(14)12(2,3)4/h10H,8-9,14H2,1-7H3. The summed E-state index contributed by atoms with van der Waals surface area (Å²) in [6, 6.07) is -0.0879. The average Bonchev–Trinajstić information content (AvgIpc) is 2.14. The van der Waals surface area contributed by atoms with Crippen LogP contribution < -0.4 is 5.73 Å². The van der Waals surface area contributed by atoms with Gasteiger partial charge in [0, 0.05) is 25.0 Å². The number of hydrogen-bond acceptors (Lipinski definition) is 2. The SMILES string of the molecule is CCC(C)(C)N(C)C(=O)CC(N)C(C)(C)C. The highest BCUT2D eigenvalue weighted by atomic mass is 16.2. The molecule has 0 bridgehead atoms. The molecular weight excluding hydrogens is 200 g/mol. The fourth-order valence-electron chi connectivity index (χ4n) is 1.21. The highest BCUT2D eigenvalue weighted by Crippen LogP contribution is 2.23. The third kappa shape index (κ3) is 4.12. The van der Waals surface area contributed by atoms with Gasteiger partial charge >= 0.3 is 0 Å². The van der Waals surface area contributed by atoms with Crippen molar-refractivity contribution in [2.24, 2.45) is 11.1 Å². The zero-order valence-corrected chi connectivity index (χ0v) is 11.9. The Kier molecular flexibility index (Phi) is 4.99. The Morgan fingerprint density at radius 1 is 1.25 bits per heavy atom. The zero-order chi connectivity index (χ0) is 13.1. The second-order valence-corrected chi connectivity index (χ2v) is 6.30. The maximum atomic E-state index is 12.1. The predicted octanol–water partition coefficient (Wildman–Crippen LogP) is 2.40. The second kappa shape index (κ2) is 5.17. The lowest BCUT2D eigenvalue weighted by Gasteiger charge is -2.37. The second-order valence-electron chi connectivity index (χ2n) is 6.30. The molecule has 1 atom stereocenters. The van der Waals surface area contributed by atoms with Crippen LogP contribution in [0.15, 0.2) is 0 Å². The molecule has 96 valence electrons. The molecule has 0 rings (SSSR count). The maximum Gasteiger partial charge on any atom is 0.224 e. The molecule has 0 aromatic carbocycles. The quantitative estimate of drug-likeness (QED) is 0.803. The van der Waals surface area contributed by atoms with Gasteiger partial charge in [-0.05, 0) is 25.7 Å². The van der Waals surface area contributed by atoms with E-state index in [1.807, 2.05) is 11.9 Å². The summed E-state index contributed by atoms with van der Waals surface area (Å²) in [5.74, 6) is 0.134. The van der Waals surface area contributed by atoms with Crippen LogP contribution in [0.25, 0.3) is 0 Å². The Morgan fingerprint density at radius 2 is 1.69 bits per heavy atom. The molecule has 0 fully saturated rings. The van der Waals surface area contributed by atoms with Crippen molar-refractivity contribution in [1.82, 2.24) is 4.90 Å². The lowest BCUT2D eigenvalue weighted by atomic mass is 9.85. The fourth-order valence-corrected chi connectivity index (χ4v) is 1.21. The van der Waals surface area contributed by atoms with Crippen LogP contribution in [0.4, 0.5) is 0 Å².